The highest BCUT2D eigenvalue weighted by atomic mass is 16.5. The normalized spacial score (nSPS) is 29.2. The molecule has 0 radical (unpaired) electrons. The van der Waals surface area contributed by atoms with Gasteiger partial charge >= 0.3 is 0 Å². The smallest absolute Gasteiger partial charge is 0.276 e. The van der Waals surface area contributed by atoms with Crippen LogP contribution in [0.15, 0.2) is 24.3 Å². The van der Waals surface area contributed by atoms with E-state index < -0.39 is 17.7 Å². The molecule has 3 fully saturated rings. The first kappa shape index (κ1) is 18.0. The van der Waals surface area contributed by atoms with Gasteiger partial charge in [-0.05, 0) is 36.0 Å². The molecule has 3 aliphatic rings. The summed E-state index contributed by atoms with van der Waals surface area (Å²) in [7, 11) is 0. The van der Waals surface area contributed by atoms with Crippen LogP contribution >= 0.6 is 0 Å². The average molecular weight is 372 g/mol. The molecule has 3 heterocycles. The van der Waals surface area contributed by atoms with Gasteiger partial charge in [0, 0.05) is 0 Å². The summed E-state index contributed by atoms with van der Waals surface area (Å²) < 4.78 is 11.1. The van der Waals surface area contributed by atoms with Gasteiger partial charge in [0.15, 0.2) is 6.61 Å². The van der Waals surface area contributed by atoms with Crippen LogP contribution < -0.4 is 10.2 Å². The lowest BCUT2D eigenvalue weighted by Gasteiger charge is -2.19. The molecule has 1 N–H and O–H groups in total. The fourth-order valence-corrected chi connectivity index (χ4v) is 4.18. The molecule has 0 aliphatic carbocycles. The van der Waals surface area contributed by atoms with E-state index in [9.17, 15) is 14.4 Å². The number of rotatable bonds is 4. The summed E-state index contributed by atoms with van der Waals surface area (Å²) in [6.45, 7) is 6.08. The Hall–Kier alpha value is -2.41. The molecule has 4 rings (SSSR count). The summed E-state index contributed by atoms with van der Waals surface area (Å²) >= 11 is 0. The van der Waals surface area contributed by atoms with Crippen molar-refractivity contribution < 1.29 is 23.9 Å². The number of carbonyl (C=O) groups is 3. The molecule has 2 bridgehead atoms. The van der Waals surface area contributed by atoms with E-state index in [0.29, 0.717) is 5.75 Å². The highest BCUT2D eigenvalue weighted by Gasteiger charge is 2.62. The molecule has 3 amide bonds. The third kappa shape index (κ3) is 3.10. The number of nitrogens with zero attached hydrogens (tertiary/aromatic N) is 1. The zero-order valence-corrected chi connectivity index (χ0v) is 15.7. The molecule has 3 aliphatic heterocycles. The van der Waals surface area contributed by atoms with Gasteiger partial charge in [0.05, 0.1) is 24.0 Å². The molecule has 0 saturated carbocycles. The van der Waals surface area contributed by atoms with Gasteiger partial charge in [0.25, 0.3) is 17.7 Å². The van der Waals surface area contributed by atoms with Gasteiger partial charge < -0.3 is 9.47 Å². The quantitative estimate of drug-likeness (QED) is 0.811. The Morgan fingerprint density at radius 1 is 1.11 bits per heavy atom. The summed E-state index contributed by atoms with van der Waals surface area (Å²) in [6, 6.07) is 7.52. The summed E-state index contributed by atoms with van der Waals surface area (Å²) in [4.78, 5) is 37.2. The number of hydrogen-bond donors (Lipinski definition) is 1. The van der Waals surface area contributed by atoms with Crippen LogP contribution in [-0.2, 0) is 24.5 Å². The monoisotopic (exact) mass is 372 g/mol. The van der Waals surface area contributed by atoms with Crippen LogP contribution in [0.3, 0.4) is 0 Å². The van der Waals surface area contributed by atoms with Crippen molar-refractivity contribution in [3.8, 4) is 5.75 Å². The maximum atomic E-state index is 12.5. The third-order valence-electron chi connectivity index (χ3n) is 5.61. The van der Waals surface area contributed by atoms with Gasteiger partial charge in [-0.2, -0.15) is 5.01 Å². The first-order valence-corrected chi connectivity index (χ1v) is 9.32. The lowest BCUT2D eigenvalue weighted by atomic mass is 9.81. The Morgan fingerprint density at radius 3 is 2.19 bits per heavy atom. The minimum absolute atomic E-state index is 0.0353. The minimum Gasteiger partial charge on any atom is -0.484 e. The van der Waals surface area contributed by atoms with Crippen molar-refractivity contribution in [2.45, 2.75) is 51.2 Å². The van der Waals surface area contributed by atoms with Gasteiger partial charge in [0.2, 0.25) is 0 Å². The zero-order valence-electron chi connectivity index (χ0n) is 15.7. The van der Waals surface area contributed by atoms with Crippen LogP contribution in [0, 0.1) is 11.8 Å². The molecule has 144 valence electrons. The second kappa shape index (κ2) is 6.34. The Kier molecular flexibility index (Phi) is 4.22. The molecule has 0 spiro atoms. The van der Waals surface area contributed by atoms with Crippen LogP contribution in [-0.4, -0.2) is 41.5 Å². The van der Waals surface area contributed by atoms with E-state index in [2.05, 4.69) is 26.2 Å². The van der Waals surface area contributed by atoms with Crippen molar-refractivity contribution in [2.24, 2.45) is 11.8 Å². The minimum atomic E-state index is -0.537. The van der Waals surface area contributed by atoms with E-state index in [-0.39, 0.29) is 36.0 Å². The lowest BCUT2D eigenvalue weighted by Crippen LogP contribution is -2.49. The summed E-state index contributed by atoms with van der Waals surface area (Å²) in [5.74, 6) is -1.64. The number of imide groups is 1. The summed E-state index contributed by atoms with van der Waals surface area (Å²) in [5.41, 5.74) is 3.59. The van der Waals surface area contributed by atoms with Crippen molar-refractivity contribution in [1.29, 1.82) is 0 Å². The van der Waals surface area contributed by atoms with Gasteiger partial charge in [0.1, 0.15) is 5.75 Å². The predicted molar refractivity (Wildman–Crippen MR) is 95.5 cm³/mol. The van der Waals surface area contributed by atoms with E-state index in [1.165, 1.54) is 0 Å². The van der Waals surface area contributed by atoms with Crippen molar-refractivity contribution in [2.75, 3.05) is 6.61 Å². The molecule has 7 nitrogen and oxygen atoms in total. The number of hydrazine groups is 1. The van der Waals surface area contributed by atoms with Crippen LogP contribution in [0.25, 0.3) is 0 Å². The van der Waals surface area contributed by atoms with Crippen LogP contribution in [0.2, 0.25) is 0 Å². The standard InChI is InChI=1S/C20H24N2O5/c1-20(2,3)11-4-6-12(7-5-11)26-10-15(23)21-22-18(24)16-13-8-9-14(27-13)17(16)19(22)25/h4-7,13-14,16-17H,8-10H2,1-3H3,(H,21,23)/t13-,14+,16-,17+. The molecular formula is C20H24N2O5. The van der Waals surface area contributed by atoms with E-state index in [1.54, 1.807) is 12.1 Å². The molecule has 0 unspecified atom stereocenters. The van der Waals surface area contributed by atoms with Crippen molar-refractivity contribution >= 4 is 17.7 Å². The molecule has 7 heteroatoms. The second-order valence-electron chi connectivity index (χ2n) is 8.45. The number of carbonyl (C=O) groups excluding carboxylic acids is 3. The van der Waals surface area contributed by atoms with Gasteiger partial charge in [-0.3, -0.25) is 19.8 Å². The number of nitrogens with one attached hydrogen (secondary N) is 1. The molecule has 0 aromatic heterocycles. The fourth-order valence-electron chi connectivity index (χ4n) is 4.18. The molecular weight excluding hydrogens is 348 g/mol. The van der Waals surface area contributed by atoms with Crippen LogP contribution in [0.4, 0.5) is 0 Å². The van der Waals surface area contributed by atoms with Crippen LogP contribution in [0.1, 0.15) is 39.2 Å². The van der Waals surface area contributed by atoms with Crippen molar-refractivity contribution in [3.63, 3.8) is 0 Å². The highest BCUT2D eigenvalue weighted by molar-refractivity contribution is 6.07. The first-order chi connectivity index (χ1) is 12.8. The van der Waals surface area contributed by atoms with E-state index in [4.69, 9.17) is 9.47 Å². The van der Waals surface area contributed by atoms with Crippen LogP contribution in [0.5, 0.6) is 5.75 Å². The molecule has 4 atom stereocenters. The summed E-state index contributed by atoms with van der Waals surface area (Å²) in [6.07, 6.45) is 1.19. The van der Waals surface area contributed by atoms with Gasteiger partial charge in [-0.1, -0.05) is 32.9 Å². The second-order valence-corrected chi connectivity index (χ2v) is 8.45. The van der Waals surface area contributed by atoms with Crippen molar-refractivity contribution in [3.05, 3.63) is 29.8 Å². The maximum absolute atomic E-state index is 12.5. The SMILES string of the molecule is CC(C)(C)c1ccc(OCC(=O)NN2C(=O)[C@@H]3[C@H](C2=O)[C@H]2CC[C@@H]3O2)cc1. The van der Waals surface area contributed by atoms with E-state index >= 15 is 0 Å². The first-order valence-electron chi connectivity index (χ1n) is 9.32. The number of fused-ring (bicyclic) bond motifs is 5. The number of benzene rings is 1. The molecule has 1 aromatic carbocycles. The molecule has 3 saturated heterocycles. The largest absolute Gasteiger partial charge is 0.484 e. The predicted octanol–water partition coefficient (Wildman–Crippen LogP) is 1.56. The number of ether oxygens (including phenoxy) is 2. The van der Waals surface area contributed by atoms with E-state index in [0.717, 1.165) is 23.4 Å². The van der Waals surface area contributed by atoms with Gasteiger partial charge in [-0.15, -0.1) is 0 Å². The topological polar surface area (TPSA) is 84.9 Å². The maximum Gasteiger partial charge on any atom is 0.276 e. The Labute approximate surface area is 158 Å². The highest BCUT2D eigenvalue weighted by Crippen LogP contribution is 2.47. The Bertz CT molecular complexity index is 755. The van der Waals surface area contributed by atoms with Gasteiger partial charge in [-0.25, -0.2) is 0 Å². The number of hydrogen-bond acceptors (Lipinski definition) is 5. The summed E-state index contributed by atoms with van der Waals surface area (Å²) in [5, 5.41) is 0.859. The third-order valence-corrected chi connectivity index (χ3v) is 5.61. The van der Waals surface area contributed by atoms with Crippen molar-refractivity contribution in [1.82, 2.24) is 10.4 Å². The van der Waals surface area contributed by atoms with E-state index in [1.807, 2.05) is 12.1 Å². The molecule has 1 aromatic rings. The number of amides is 3. The Balaban J connectivity index is 1.33. The fraction of sp³-hybridized carbons (Fsp3) is 0.550. The average Bonchev–Trinajstić information content (AvgIpc) is 3.29. The lowest BCUT2D eigenvalue weighted by molar-refractivity contribution is -0.151. The zero-order chi connectivity index (χ0) is 19.3. The Morgan fingerprint density at radius 2 is 1.67 bits per heavy atom. The molecule has 27 heavy (non-hydrogen) atoms.